The number of fused-ring (bicyclic) bond motifs is 1. The Kier molecular flexibility index (Phi) is 5.89. The van der Waals surface area contributed by atoms with Gasteiger partial charge in [-0.2, -0.15) is 5.26 Å². The predicted molar refractivity (Wildman–Crippen MR) is 125 cm³/mol. The molecule has 154 valence electrons. The van der Waals surface area contributed by atoms with E-state index in [0.717, 1.165) is 11.1 Å². The third kappa shape index (κ3) is 4.24. The monoisotopic (exact) mass is 446 g/mol. The van der Waals surface area contributed by atoms with Crippen LogP contribution in [-0.4, -0.2) is 20.7 Å². The number of rotatable bonds is 5. The molecule has 1 amide bonds. The molecular weight excluding hydrogens is 428 g/mol. The third-order valence-electron chi connectivity index (χ3n) is 4.77. The summed E-state index contributed by atoms with van der Waals surface area (Å²) in [6.45, 7) is 1.76. The van der Waals surface area contributed by atoms with Crippen LogP contribution in [0.5, 0.6) is 0 Å². The van der Waals surface area contributed by atoms with Crippen molar-refractivity contribution in [2.45, 2.75) is 17.3 Å². The van der Waals surface area contributed by atoms with Crippen LogP contribution in [0.25, 0.3) is 21.3 Å². The number of hydrogen-bond donors (Lipinski definition) is 1. The quantitative estimate of drug-likeness (QED) is 0.356. The minimum Gasteiger partial charge on any atom is -0.325 e. The Morgan fingerprint density at radius 3 is 2.74 bits per heavy atom. The third-order valence-corrected chi connectivity index (χ3v) is 6.79. The van der Waals surface area contributed by atoms with Gasteiger partial charge in [-0.05, 0) is 30.7 Å². The first-order chi connectivity index (χ1) is 15.0. The summed E-state index contributed by atoms with van der Waals surface area (Å²) in [4.78, 5) is 31.1. The molecule has 31 heavy (non-hydrogen) atoms. The first-order valence-corrected chi connectivity index (χ1v) is 11.2. The van der Waals surface area contributed by atoms with Gasteiger partial charge in [-0.25, -0.2) is 4.98 Å². The summed E-state index contributed by atoms with van der Waals surface area (Å²) in [7, 11) is 1.67. The van der Waals surface area contributed by atoms with Gasteiger partial charge in [-0.15, -0.1) is 11.3 Å². The van der Waals surface area contributed by atoms with Crippen molar-refractivity contribution < 1.29 is 4.79 Å². The Labute approximate surface area is 187 Å². The van der Waals surface area contributed by atoms with E-state index >= 15 is 0 Å². The molecule has 0 aliphatic heterocycles. The van der Waals surface area contributed by atoms with Crippen molar-refractivity contribution in [2.75, 3.05) is 5.32 Å². The van der Waals surface area contributed by atoms with Gasteiger partial charge >= 0.3 is 0 Å². The molecule has 4 aromatic rings. The number of anilines is 1. The molecule has 0 radical (unpaired) electrons. The topological polar surface area (TPSA) is 87.8 Å². The highest BCUT2D eigenvalue weighted by Crippen LogP contribution is 2.32. The van der Waals surface area contributed by atoms with Crippen LogP contribution in [0.15, 0.2) is 69.9 Å². The van der Waals surface area contributed by atoms with Crippen LogP contribution in [0.2, 0.25) is 0 Å². The van der Waals surface area contributed by atoms with Crippen LogP contribution in [0.1, 0.15) is 12.5 Å². The number of aromatic nitrogens is 2. The van der Waals surface area contributed by atoms with Crippen molar-refractivity contribution in [1.29, 1.82) is 5.26 Å². The van der Waals surface area contributed by atoms with E-state index in [9.17, 15) is 9.59 Å². The second-order valence-electron chi connectivity index (χ2n) is 6.90. The van der Waals surface area contributed by atoms with Gasteiger partial charge in [0.25, 0.3) is 5.56 Å². The van der Waals surface area contributed by atoms with E-state index in [1.807, 2.05) is 35.7 Å². The van der Waals surface area contributed by atoms with Crippen LogP contribution in [0.3, 0.4) is 0 Å². The number of thiophene rings is 1. The molecule has 0 fully saturated rings. The zero-order valence-corrected chi connectivity index (χ0v) is 18.5. The lowest BCUT2D eigenvalue weighted by Crippen LogP contribution is -2.25. The Morgan fingerprint density at radius 1 is 1.23 bits per heavy atom. The van der Waals surface area contributed by atoms with E-state index in [-0.39, 0.29) is 11.5 Å². The molecule has 0 spiro atoms. The molecule has 0 saturated heterocycles. The molecule has 1 atom stereocenters. The summed E-state index contributed by atoms with van der Waals surface area (Å²) in [5.74, 6) is -0.231. The Hall–Kier alpha value is -3.41. The summed E-state index contributed by atoms with van der Waals surface area (Å²) in [5, 5.41) is 14.3. The first-order valence-electron chi connectivity index (χ1n) is 9.49. The highest BCUT2D eigenvalue weighted by molar-refractivity contribution is 8.00. The number of amides is 1. The number of nitrogens with one attached hydrogen (secondary N) is 1. The molecule has 0 bridgehead atoms. The van der Waals surface area contributed by atoms with Crippen molar-refractivity contribution >= 4 is 44.9 Å². The number of carbonyl (C=O) groups is 1. The van der Waals surface area contributed by atoms with Crippen molar-refractivity contribution in [3.05, 3.63) is 75.9 Å². The number of nitrogens with zero attached hydrogens (tertiary/aromatic N) is 3. The lowest BCUT2D eigenvalue weighted by atomic mass is 10.1. The van der Waals surface area contributed by atoms with Gasteiger partial charge in [0, 0.05) is 23.7 Å². The lowest BCUT2D eigenvalue weighted by Gasteiger charge is -2.14. The molecule has 2 aromatic carbocycles. The fourth-order valence-electron chi connectivity index (χ4n) is 3.11. The Morgan fingerprint density at radius 2 is 2.00 bits per heavy atom. The predicted octanol–water partition coefficient (Wildman–Crippen LogP) is 4.65. The average Bonchev–Trinajstić information content (AvgIpc) is 3.22. The van der Waals surface area contributed by atoms with E-state index in [1.54, 1.807) is 38.2 Å². The summed E-state index contributed by atoms with van der Waals surface area (Å²) in [6, 6.07) is 18.5. The van der Waals surface area contributed by atoms with E-state index in [4.69, 9.17) is 5.26 Å². The summed E-state index contributed by atoms with van der Waals surface area (Å²) >= 11 is 2.64. The molecule has 0 saturated carbocycles. The number of benzene rings is 2. The largest absolute Gasteiger partial charge is 0.325 e. The van der Waals surface area contributed by atoms with Crippen LogP contribution in [0, 0.1) is 11.3 Å². The van der Waals surface area contributed by atoms with Crippen molar-refractivity contribution in [2.24, 2.45) is 7.05 Å². The smallest absolute Gasteiger partial charge is 0.263 e. The molecule has 2 aromatic heterocycles. The molecule has 1 unspecified atom stereocenters. The van der Waals surface area contributed by atoms with Crippen molar-refractivity contribution in [3.63, 3.8) is 0 Å². The number of carbonyl (C=O) groups excluding carboxylic acids is 1. The minimum atomic E-state index is -0.491. The van der Waals surface area contributed by atoms with Crippen molar-refractivity contribution in [3.8, 4) is 17.2 Å². The normalized spacial score (nSPS) is 11.8. The van der Waals surface area contributed by atoms with Crippen LogP contribution in [-0.2, 0) is 11.8 Å². The zero-order chi connectivity index (χ0) is 22.0. The number of thioether (sulfide) groups is 1. The second kappa shape index (κ2) is 8.76. The molecular formula is C23H18N4O2S2. The number of nitriles is 1. The fraction of sp³-hybridized carbons (Fsp3) is 0.130. The Balaban J connectivity index is 1.60. The van der Waals surface area contributed by atoms with Gasteiger partial charge in [0.2, 0.25) is 5.91 Å². The summed E-state index contributed by atoms with van der Waals surface area (Å²) in [5.41, 5.74) is 2.73. The van der Waals surface area contributed by atoms with Gasteiger partial charge in [0.05, 0.1) is 22.3 Å². The van der Waals surface area contributed by atoms with Gasteiger partial charge in [-0.3, -0.25) is 14.2 Å². The molecule has 4 rings (SSSR count). The molecule has 1 N–H and O–H groups in total. The van der Waals surface area contributed by atoms with E-state index in [0.29, 0.717) is 26.6 Å². The molecule has 2 heterocycles. The SMILES string of the molecule is CC(Sc1nc2scc(-c3ccccc3)c2c(=O)n1C)C(=O)Nc1cccc(C#N)c1. The van der Waals surface area contributed by atoms with Crippen LogP contribution < -0.4 is 10.9 Å². The van der Waals surface area contributed by atoms with Crippen LogP contribution in [0.4, 0.5) is 5.69 Å². The molecule has 0 aliphatic rings. The standard InChI is InChI=1S/C23H18N4O2S2/c1-14(20(28)25-17-10-6-7-15(11-17)12-24)31-23-26-21-19(22(29)27(23)2)18(13-30-21)16-8-4-3-5-9-16/h3-11,13-14H,1-2H3,(H,25,28). The second-order valence-corrected chi connectivity index (χ2v) is 9.06. The average molecular weight is 447 g/mol. The van der Waals surface area contributed by atoms with Gasteiger partial charge in [0.15, 0.2) is 5.16 Å². The summed E-state index contributed by atoms with van der Waals surface area (Å²) < 4.78 is 1.49. The zero-order valence-electron chi connectivity index (χ0n) is 16.8. The highest BCUT2D eigenvalue weighted by atomic mass is 32.2. The van der Waals surface area contributed by atoms with Crippen molar-refractivity contribution in [1.82, 2.24) is 9.55 Å². The maximum absolute atomic E-state index is 13.1. The summed E-state index contributed by atoms with van der Waals surface area (Å²) in [6.07, 6.45) is 0. The molecule has 8 heteroatoms. The minimum absolute atomic E-state index is 0.137. The lowest BCUT2D eigenvalue weighted by molar-refractivity contribution is -0.115. The van der Waals surface area contributed by atoms with Crippen LogP contribution >= 0.6 is 23.1 Å². The van der Waals surface area contributed by atoms with Gasteiger partial charge < -0.3 is 5.32 Å². The maximum atomic E-state index is 13.1. The van der Waals surface area contributed by atoms with E-state index in [1.165, 1.54) is 27.7 Å². The fourth-order valence-corrected chi connectivity index (χ4v) is 4.97. The maximum Gasteiger partial charge on any atom is 0.263 e. The number of hydrogen-bond acceptors (Lipinski definition) is 6. The Bertz CT molecular complexity index is 1370. The molecule has 6 nitrogen and oxygen atoms in total. The van der Waals surface area contributed by atoms with E-state index in [2.05, 4.69) is 16.4 Å². The highest BCUT2D eigenvalue weighted by Gasteiger charge is 2.20. The molecule has 0 aliphatic carbocycles. The van der Waals surface area contributed by atoms with Gasteiger partial charge in [0.1, 0.15) is 4.83 Å². The van der Waals surface area contributed by atoms with E-state index < -0.39 is 5.25 Å². The first kappa shape index (κ1) is 20.8. The van der Waals surface area contributed by atoms with Gasteiger partial charge in [-0.1, -0.05) is 48.2 Å².